The van der Waals surface area contributed by atoms with Gasteiger partial charge in [0.1, 0.15) is 47.3 Å². The lowest BCUT2D eigenvalue weighted by Crippen LogP contribution is -2.39. The second-order valence-corrected chi connectivity index (χ2v) is 11.6. The van der Waals surface area contributed by atoms with Crippen molar-refractivity contribution in [1.29, 1.82) is 0 Å². The number of nitrogens with one attached hydrogen (secondary N) is 2. The Bertz CT molecular complexity index is 1660. The minimum absolute atomic E-state index is 0.185. The van der Waals surface area contributed by atoms with Crippen LogP contribution in [0, 0.1) is 5.82 Å². The van der Waals surface area contributed by atoms with Crippen molar-refractivity contribution in [2.24, 2.45) is 0 Å². The van der Waals surface area contributed by atoms with Crippen molar-refractivity contribution in [2.45, 2.75) is 37.8 Å². The zero-order valence-electron chi connectivity index (χ0n) is 27.1. The SMILES string of the molecule is C=CC=O.COc1cc2ncnc(Nc3ccc(Oc4ccnc(N5CCCC(OC)C5)c4)cc3F)c2cc1NC1CCN(C)CC1. The highest BCUT2D eigenvalue weighted by molar-refractivity contribution is 5.95. The van der Waals surface area contributed by atoms with Gasteiger partial charge in [0.2, 0.25) is 0 Å². The van der Waals surface area contributed by atoms with Crippen LogP contribution in [0.3, 0.4) is 0 Å². The van der Waals surface area contributed by atoms with Gasteiger partial charge < -0.3 is 34.6 Å². The molecule has 47 heavy (non-hydrogen) atoms. The average molecular weight is 644 g/mol. The molecule has 2 fully saturated rings. The van der Waals surface area contributed by atoms with E-state index in [9.17, 15) is 0 Å². The van der Waals surface area contributed by atoms with Gasteiger partial charge >= 0.3 is 0 Å². The summed E-state index contributed by atoms with van der Waals surface area (Å²) in [5.41, 5.74) is 1.84. The van der Waals surface area contributed by atoms with Crippen molar-refractivity contribution >= 4 is 40.2 Å². The van der Waals surface area contributed by atoms with Gasteiger partial charge in [0, 0.05) is 56.0 Å². The maximum absolute atomic E-state index is 15.4. The minimum Gasteiger partial charge on any atom is -0.495 e. The lowest BCUT2D eigenvalue weighted by molar-refractivity contribution is -0.104. The molecule has 248 valence electrons. The van der Waals surface area contributed by atoms with E-state index in [1.807, 2.05) is 18.2 Å². The molecule has 11 nitrogen and oxygen atoms in total. The summed E-state index contributed by atoms with van der Waals surface area (Å²) in [6, 6.07) is 12.6. The van der Waals surface area contributed by atoms with Gasteiger partial charge in [0.15, 0.2) is 0 Å². The number of hydrogen-bond donors (Lipinski definition) is 2. The average Bonchev–Trinajstić information content (AvgIpc) is 3.10. The fourth-order valence-electron chi connectivity index (χ4n) is 5.74. The Morgan fingerprint density at radius 2 is 1.77 bits per heavy atom. The molecule has 1 atom stereocenters. The largest absolute Gasteiger partial charge is 0.495 e. The second kappa shape index (κ2) is 16.1. The van der Waals surface area contributed by atoms with Crippen molar-refractivity contribution in [1.82, 2.24) is 19.9 Å². The van der Waals surface area contributed by atoms with Gasteiger partial charge in [-0.25, -0.2) is 19.3 Å². The number of hydrogen-bond acceptors (Lipinski definition) is 11. The summed E-state index contributed by atoms with van der Waals surface area (Å²) in [5, 5.41) is 7.55. The van der Waals surface area contributed by atoms with Crippen LogP contribution in [0.1, 0.15) is 25.7 Å². The maximum Gasteiger partial charge on any atom is 0.150 e. The highest BCUT2D eigenvalue weighted by Crippen LogP contribution is 2.35. The predicted octanol–water partition coefficient (Wildman–Crippen LogP) is 6.20. The maximum atomic E-state index is 15.4. The van der Waals surface area contributed by atoms with Crippen LogP contribution in [-0.4, -0.2) is 85.7 Å². The van der Waals surface area contributed by atoms with Crippen LogP contribution >= 0.6 is 0 Å². The van der Waals surface area contributed by atoms with Gasteiger partial charge in [0.05, 0.1) is 30.1 Å². The van der Waals surface area contributed by atoms with E-state index in [4.69, 9.17) is 19.0 Å². The summed E-state index contributed by atoms with van der Waals surface area (Å²) >= 11 is 0. The number of allylic oxidation sites excluding steroid dienone is 1. The third-order valence-corrected chi connectivity index (χ3v) is 8.31. The molecule has 2 N–H and O–H groups in total. The van der Waals surface area contributed by atoms with E-state index in [1.54, 1.807) is 38.6 Å². The number of carbonyl (C=O) groups excluding carboxylic acids is 1. The Labute approximate surface area is 274 Å². The molecular weight excluding hydrogens is 601 g/mol. The molecule has 0 bridgehead atoms. The molecule has 2 aliphatic heterocycles. The van der Waals surface area contributed by atoms with Crippen molar-refractivity contribution in [3.63, 3.8) is 0 Å². The van der Waals surface area contributed by atoms with E-state index in [0.717, 1.165) is 68.8 Å². The fraction of sp³-hybridized carbons (Fsp3) is 0.371. The van der Waals surface area contributed by atoms with Crippen LogP contribution in [0.5, 0.6) is 17.2 Å². The van der Waals surface area contributed by atoms with E-state index in [2.05, 4.69) is 49.0 Å². The van der Waals surface area contributed by atoms with Crippen molar-refractivity contribution < 1.29 is 23.4 Å². The van der Waals surface area contributed by atoms with E-state index >= 15 is 4.39 Å². The molecule has 2 aliphatic rings. The second-order valence-electron chi connectivity index (χ2n) is 11.6. The Balaban J connectivity index is 0.00000103. The first kappa shape index (κ1) is 33.6. The van der Waals surface area contributed by atoms with Gasteiger partial charge in [-0.15, -0.1) is 0 Å². The third kappa shape index (κ3) is 8.72. The zero-order chi connectivity index (χ0) is 33.2. The number of methoxy groups -OCH3 is 2. The summed E-state index contributed by atoms with van der Waals surface area (Å²) in [6.45, 7) is 6.88. The van der Waals surface area contributed by atoms with Crippen LogP contribution < -0.4 is 25.0 Å². The molecule has 2 saturated heterocycles. The van der Waals surface area contributed by atoms with E-state index in [-0.39, 0.29) is 11.8 Å². The number of pyridine rings is 1. The number of anilines is 4. The van der Waals surface area contributed by atoms with Gasteiger partial charge in [-0.2, -0.15) is 0 Å². The van der Waals surface area contributed by atoms with Crippen molar-refractivity contribution in [3.8, 4) is 17.2 Å². The summed E-state index contributed by atoms with van der Waals surface area (Å²) in [4.78, 5) is 26.9. The number of ether oxygens (including phenoxy) is 3. The Morgan fingerprint density at radius 3 is 2.49 bits per heavy atom. The molecule has 4 heterocycles. The molecular formula is C35H42FN7O4. The van der Waals surface area contributed by atoms with E-state index in [1.165, 1.54) is 18.5 Å². The van der Waals surface area contributed by atoms with E-state index < -0.39 is 5.82 Å². The number of aldehydes is 1. The number of carbonyl (C=O) groups is 1. The molecule has 12 heteroatoms. The van der Waals surface area contributed by atoms with Crippen LogP contribution in [0.15, 0.2) is 67.6 Å². The zero-order valence-corrected chi connectivity index (χ0v) is 27.1. The summed E-state index contributed by atoms with van der Waals surface area (Å²) in [6.07, 6.45) is 9.35. The molecule has 0 spiro atoms. The number of nitrogens with zero attached hydrogens (tertiary/aromatic N) is 5. The summed E-state index contributed by atoms with van der Waals surface area (Å²) in [7, 11) is 5.53. The minimum atomic E-state index is -0.462. The number of aromatic nitrogens is 3. The van der Waals surface area contributed by atoms with E-state index in [0.29, 0.717) is 40.9 Å². The highest BCUT2D eigenvalue weighted by Gasteiger charge is 2.22. The molecule has 4 aromatic rings. The van der Waals surface area contributed by atoms with Gasteiger partial charge in [-0.3, -0.25) is 4.79 Å². The van der Waals surface area contributed by atoms with Gasteiger partial charge in [-0.1, -0.05) is 6.58 Å². The molecule has 6 rings (SSSR count). The number of piperidine rings is 2. The lowest BCUT2D eigenvalue weighted by Gasteiger charge is -2.32. The first-order chi connectivity index (χ1) is 22.9. The molecule has 0 amide bonds. The van der Waals surface area contributed by atoms with Gasteiger partial charge in [-0.05, 0) is 76.2 Å². The van der Waals surface area contributed by atoms with Crippen LogP contribution in [0.25, 0.3) is 10.9 Å². The Morgan fingerprint density at radius 1 is 0.979 bits per heavy atom. The topological polar surface area (TPSA) is 114 Å². The standard InChI is InChI=1S/C32H38FN7O3.C3H4O/c1-39-13-9-21(10-14-39)37-29-17-25-28(18-30(29)42-3)35-20-36-32(25)38-27-7-6-22(15-26(27)33)43-23-8-11-34-31(16-23)40-12-4-5-24(19-40)41-2;1-2-3-4/h6-8,11,15-18,20-21,24,37H,4-5,9-10,12-14,19H2,1-3H3,(H,35,36,38);2-3H,1H2. The fourth-order valence-corrected chi connectivity index (χ4v) is 5.74. The lowest BCUT2D eigenvalue weighted by atomic mass is 10.0. The molecule has 2 aromatic heterocycles. The normalized spacial score (nSPS) is 16.9. The van der Waals surface area contributed by atoms with Crippen LogP contribution in [0.2, 0.25) is 0 Å². The number of rotatable bonds is 10. The molecule has 0 saturated carbocycles. The van der Waals surface area contributed by atoms with Crippen LogP contribution in [0.4, 0.5) is 27.4 Å². The predicted molar refractivity (Wildman–Crippen MR) is 183 cm³/mol. The van der Waals surface area contributed by atoms with Crippen molar-refractivity contribution in [3.05, 3.63) is 73.5 Å². The monoisotopic (exact) mass is 643 g/mol. The first-order valence-electron chi connectivity index (χ1n) is 15.7. The Kier molecular flexibility index (Phi) is 11.5. The number of likely N-dealkylation sites (tertiary alicyclic amines) is 1. The number of fused-ring (bicyclic) bond motifs is 1. The number of halogens is 1. The van der Waals surface area contributed by atoms with Crippen LogP contribution in [-0.2, 0) is 9.53 Å². The summed E-state index contributed by atoms with van der Waals surface area (Å²) in [5.74, 6) is 2.54. The molecule has 2 aromatic carbocycles. The molecule has 0 aliphatic carbocycles. The summed E-state index contributed by atoms with van der Waals surface area (Å²) < 4.78 is 32.6. The third-order valence-electron chi connectivity index (χ3n) is 8.31. The Hall–Kier alpha value is -4.81. The number of benzene rings is 2. The highest BCUT2D eigenvalue weighted by atomic mass is 19.1. The quantitative estimate of drug-likeness (QED) is 0.152. The smallest absolute Gasteiger partial charge is 0.150 e. The van der Waals surface area contributed by atoms with Gasteiger partial charge in [0.25, 0.3) is 0 Å². The van der Waals surface area contributed by atoms with Crippen molar-refractivity contribution in [2.75, 3.05) is 63.0 Å². The first-order valence-corrected chi connectivity index (χ1v) is 15.7. The molecule has 0 radical (unpaired) electrons. The molecule has 1 unspecified atom stereocenters.